The lowest BCUT2D eigenvalue weighted by atomic mass is 9.72. The molecule has 1 aromatic carbocycles. The number of benzene rings is 1. The molecule has 37 heavy (non-hydrogen) atoms. The maximum Gasteiger partial charge on any atom is 0.406 e. The second-order valence-electron chi connectivity index (χ2n) is 10.9. The van der Waals surface area contributed by atoms with E-state index in [1.54, 1.807) is 6.07 Å². The van der Waals surface area contributed by atoms with E-state index in [1.807, 2.05) is 18.0 Å². The number of amides is 3. The standard InChI is InChI=1S/C28H45FN4O4/c1-28(12-5-4-6-13-28)18-24(19-30-2)32-26(34)33-15-8-10-22(20-33)25(21-9-7-11-23(29)17-21)37-16-14-31-27(35)36-3/h7,9,11,17,22,24-25,30H,4-6,8,10,12-16,18-20H2,1-3H3,(H,31,35)(H,32,34). The Morgan fingerprint density at radius 1 is 1.22 bits per heavy atom. The van der Waals surface area contributed by atoms with Gasteiger partial charge in [-0.1, -0.05) is 38.3 Å². The summed E-state index contributed by atoms with van der Waals surface area (Å²) in [6.07, 6.45) is 8.04. The van der Waals surface area contributed by atoms with Gasteiger partial charge >= 0.3 is 12.1 Å². The van der Waals surface area contributed by atoms with Crippen LogP contribution in [0.3, 0.4) is 0 Å². The Kier molecular flexibility index (Phi) is 11.4. The number of ether oxygens (including phenoxy) is 2. The number of rotatable bonds is 11. The van der Waals surface area contributed by atoms with E-state index in [-0.39, 0.29) is 48.5 Å². The number of methoxy groups -OCH3 is 1. The molecular formula is C28H45FN4O4. The lowest BCUT2D eigenvalue weighted by Gasteiger charge is -2.39. The molecule has 3 atom stereocenters. The molecule has 0 bridgehead atoms. The summed E-state index contributed by atoms with van der Waals surface area (Å²) >= 11 is 0. The van der Waals surface area contributed by atoms with Gasteiger partial charge in [0, 0.05) is 38.1 Å². The van der Waals surface area contributed by atoms with Crippen molar-refractivity contribution in [2.24, 2.45) is 11.3 Å². The van der Waals surface area contributed by atoms with E-state index in [9.17, 15) is 14.0 Å². The van der Waals surface area contributed by atoms with Crippen molar-refractivity contribution >= 4 is 12.1 Å². The van der Waals surface area contributed by atoms with Gasteiger partial charge in [0.2, 0.25) is 0 Å². The van der Waals surface area contributed by atoms with Crippen molar-refractivity contribution < 1.29 is 23.5 Å². The first-order valence-corrected chi connectivity index (χ1v) is 13.7. The Bertz CT molecular complexity index is 864. The molecule has 1 aliphatic carbocycles. The fourth-order valence-corrected chi connectivity index (χ4v) is 5.93. The number of likely N-dealkylation sites (N-methyl/N-ethyl adjacent to an activating group) is 1. The number of nitrogens with zero attached hydrogens (tertiary/aromatic N) is 1. The predicted molar refractivity (Wildman–Crippen MR) is 142 cm³/mol. The van der Waals surface area contributed by atoms with Gasteiger partial charge in [0.1, 0.15) is 5.82 Å². The third-order valence-electron chi connectivity index (χ3n) is 7.78. The van der Waals surface area contributed by atoms with E-state index in [1.165, 1.54) is 51.3 Å². The van der Waals surface area contributed by atoms with Gasteiger partial charge in [-0.15, -0.1) is 0 Å². The van der Waals surface area contributed by atoms with Crippen LogP contribution in [-0.2, 0) is 9.47 Å². The number of carbonyl (C=O) groups is 2. The SMILES string of the molecule is CNCC(CC1(C)CCCCC1)NC(=O)N1CCCC(C(OCCNC(=O)OC)c2cccc(F)c2)C1. The van der Waals surface area contributed by atoms with Gasteiger partial charge in [0.15, 0.2) is 0 Å². The smallest absolute Gasteiger partial charge is 0.406 e. The first kappa shape index (κ1) is 29.2. The minimum Gasteiger partial charge on any atom is -0.453 e. The van der Waals surface area contributed by atoms with Crippen molar-refractivity contribution in [3.05, 3.63) is 35.6 Å². The number of carbonyl (C=O) groups excluding carboxylic acids is 2. The third kappa shape index (κ3) is 9.14. The van der Waals surface area contributed by atoms with E-state index in [4.69, 9.17) is 4.74 Å². The Morgan fingerprint density at radius 2 is 2.00 bits per heavy atom. The van der Waals surface area contributed by atoms with E-state index in [2.05, 4.69) is 27.6 Å². The summed E-state index contributed by atoms with van der Waals surface area (Å²) in [5.74, 6) is -0.312. The van der Waals surface area contributed by atoms with E-state index >= 15 is 0 Å². The number of piperidine rings is 1. The van der Waals surface area contributed by atoms with Gasteiger partial charge in [-0.2, -0.15) is 0 Å². The van der Waals surface area contributed by atoms with Crippen LogP contribution in [0, 0.1) is 17.2 Å². The normalized spacial score (nSPS) is 21.1. The first-order valence-electron chi connectivity index (χ1n) is 13.7. The number of alkyl carbamates (subject to hydrolysis) is 1. The van der Waals surface area contributed by atoms with Crippen LogP contribution in [0.2, 0.25) is 0 Å². The van der Waals surface area contributed by atoms with Crippen LogP contribution < -0.4 is 16.0 Å². The lowest BCUT2D eigenvalue weighted by molar-refractivity contribution is -0.00885. The molecule has 3 amide bonds. The molecule has 8 nitrogen and oxygen atoms in total. The number of hydrogen-bond acceptors (Lipinski definition) is 5. The first-order chi connectivity index (χ1) is 17.8. The molecule has 1 aromatic rings. The zero-order chi connectivity index (χ0) is 26.7. The molecule has 1 aliphatic heterocycles. The summed E-state index contributed by atoms with van der Waals surface area (Å²) in [6.45, 7) is 4.84. The molecule has 0 spiro atoms. The van der Waals surface area contributed by atoms with Gasteiger partial charge in [0.05, 0.1) is 19.8 Å². The lowest BCUT2D eigenvalue weighted by Crippen LogP contribution is -2.52. The Hall–Kier alpha value is -2.39. The Labute approximate surface area is 221 Å². The molecule has 208 valence electrons. The van der Waals surface area contributed by atoms with Gasteiger partial charge in [0.25, 0.3) is 0 Å². The zero-order valence-corrected chi connectivity index (χ0v) is 22.7. The second kappa shape index (κ2) is 14.5. The number of likely N-dealkylation sites (tertiary alicyclic amines) is 1. The van der Waals surface area contributed by atoms with Crippen LogP contribution in [0.15, 0.2) is 24.3 Å². The van der Waals surface area contributed by atoms with Gasteiger partial charge in [-0.05, 0) is 62.3 Å². The highest BCUT2D eigenvalue weighted by molar-refractivity contribution is 5.74. The maximum atomic E-state index is 14.1. The quantitative estimate of drug-likeness (QED) is 0.371. The van der Waals surface area contributed by atoms with Crippen molar-refractivity contribution in [1.82, 2.24) is 20.9 Å². The van der Waals surface area contributed by atoms with Crippen molar-refractivity contribution in [1.29, 1.82) is 0 Å². The van der Waals surface area contributed by atoms with Gasteiger partial charge in [-0.3, -0.25) is 0 Å². The highest BCUT2D eigenvalue weighted by Gasteiger charge is 2.34. The topological polar surface area (TPSA) is 91.9 Å². The van der Waals surface area contributed by atoms with Crippen LogP contribution in [0.5, 0.6) is 0 Å². The average molecular weight is 521 g/mol. The molecule has 9 heteroatoms. The highest BCUT2D eigenvalue weighted by Crippen LogP contribution is 2.39. The molecule has 1 saturated heterocycles. The average Bonchev–Trinajstić information content (AvgIpc) is 2.89. The summed E-state index contributed by atoms with van der Waals surface area (Å²) in [5.41, 5.74) is 1.01. The van der Waals surface area contributed by atoms with Crippen LogP contribution in [-0.4, -0.2) is 70.0 Å². The van der Waals surface area contributed by atoms with Crippen LogP contribution in [0.25, 0.3) is 0 Å². The molecule has 0 aromatic heterocycles. The molecule has 2 aliphatic rings. The Morgan fingerprint density at radius 3 is 2.70 bits per heavy atom. The van der Waals surface area contributed by atoms with E-state index in [0.717, 1.165) is 31.4 Å². The van der Waals surface area contributed by atoms with Crippen LogP contribution in [0.4, 0.5) is 14.0 Å². The van der Waals surface area contributed by atoms with E-state index in [0.29, 0.717) is 13.1 Å². The maximum absolute atomic E-state index is 14.1. The molecular weight excluding hydrogens is 475 g/mol. The van der Waals surface area contributed by atoms with E-state index < -0.39 is 6.09 Å². The molecule has 1 saturated carbocycles. The summed E-state index contributed by atoms with van der Waals surface area (Å²) in [6, 6.07) is 6.46. The second-order valence-corrected chi connectivity index (χ2v) is 10.9. The molecule has 2 fully saturated rings. The molecule has 1 heterocycles. The van der Waals surface area contributed by atoms with Crippen molar-refractivity contribution in [3.8, 4) is 0 Å². The van der Waals surface area contributed by atoms with Gasteiger partial charge < -0.3 is 30.3 Å². The number of hydrogen-bond donors (Lipinski definition) is 3. The minimum atomic E-state index is -0.523. The van der Waals surface area contributed by atoms with Crippen LogP contribution >= 0.6 is 0 Å². The summed E-state index contributed by atoms with van der Waals surface area (Å²) in [5, 5.41) is 9.16. The largest absolute Gasteiger partial charge is 0.453 e. The van der Waals surface area contributed by atoms with Crippen molar-refractivity contribution in [2.45, 2.75) is 70.4 Å². The highest BCUT2D eigenvalue weighted by atomic mass is 19.1. The molecule has 0 radical (unpaired) electrons. The fraction of sp³-hybridized carbons (Fsp3) is 0.714. The predicted octanol–water partition coefficient (Wildman–Crippen LogP) is 4.61. The number of nitrogens with one attached hydrogen (secondary N) is 3. The van der Waals surface area contributed by atoms with Crippen LogP contribution in [0.1, 0.15) is 70.0 Å². The minimum absolute atomic E-state index is 0.0121. The number of urea groups is 1. The summed E-state index contributed by atoms with van der Waals surface area (Å²) < 4.78 is 24.8. The summed E-state index contributed by atoms with van der Waals surface area (Å²) in [7, 11) is 3.24. The molecule has 3 unspecified atom stereocenters. The Balaban J connectivity index is 1.64. The van der Waals surface area contributed by atoms with Crippen molar-refractivity contribution in [3.63, 3.8) is 0 Å². The number of halogens is 1. The third-order valence-corrected chi connectivity index (χ3v) is 7.78. The molecule has 3 rings (SSSR count). The fourth-order valence-electron chi connectivity index (χ4n) is 5.93. The summed E-state index contributed by atoms with van der Waals surface area (Å²) in [4.78, 5) is 26.6. The zero-order valence-electron chi connectivity index (χ0n) is 22.7. The van der Waals surface area contributed by atoms with Crippen molar-refractivity contribution in [2.75, 3.05) is 46.9 Å². The van der Waals surface area contributed by atoms with Gasteiger partial charge in [-0.25, -0.2) is 14.0 Å². The molecule has 3 N–H and O–H groups in total. The monoisotopic (exact) mass is 520 g/mol.